The van der Waals surface area contributed by atoms with Crippen LogP contribution < -0.4 is 0 Å². The first-order chi connectivity index (χ1) is 8.74. The number of halogens is 1. The molecule has 3 nitrogen and oxygen atoms in total. The minimum absolute atomic E-state index is 0.126. The number of hydrogen-bond acceptors (Lipinski definition) is 4. The Bertz CT molecular complexity index is 405. The van der Waals surface area contributed by atoms with Gasteiger partial charge in [0.2, 0.25) is 0 Å². The molecule has 0 saturated carbocycles. The molecule has 0 bridgehead atoms. The number of carbonyl (C=O) groups excluding carboxylic acids is 1. The van der Waals surface area contributed by atoms with Gasteiger partial charge in [-0.1, -0.05) is 0 Å². The van der Waals surface area contributed by atoms with E-state index in [4.69, 9.17) is 4.74 Å². The molecule has 1 unspecified atom stereocenters. The molecule has 6 heteroatoms. The highest BCUT2D eigenvalue weighted by Crippen LogP contribution is 2.28. The number of ether oxygens (including phenoxy) is 1. The van der Waals surface area contributed by atoms with Crippen molar-refractivity contribution in [1.82, 2.24) is 4.90 Å². The zero-order valence-corrected chi connectivity index (χ0v) is 13.4. The number of thiophene rings is 1. The van der Waals surface area contributed by atoms with Crippen LogP contribution in [-0.2, 0) is 4.74 Å². The highest BCUT2D eigenvalue weighted by Gasteiger charge is 2.28. The molecular formula is C12H16BrNO2S2. The van der Waals surface area contributed by atoms with Gasteiger partial charge in [0.1, 0.15) is 4.88 Å². The maximum atomic E-state index is 12.6. The van der Waals surface area contributed by atoms with Crippen LogP contribution >= 0.6 is 39.0 Å². The lowest BCUT2D eigenvalue weighted by molar-refractivity contribution is 0.0628. The van der Waals surface area contributed by atoms with Crippen molar-refractivity contribution in [1.29, 1.82) is 0 Å². The first kappa shape index (κ1) is 14.4. The molecule has 0 spiro atoms. The minimum Gasteiger partial charge on any atom is -0.383 e. The highest BCUT2D eigenvalue weighted by molar-refractivity contribution is 9.10. The molecule has 0 N–H and O–H groups in total. The summed E-state index contributed by atoms with van der Waals surface area (Å²) in [5.74, 6) is 2.31. The lowest BCUT2D eigenvalue weighted by Gasteiger charge is -2.28. The van der Waals surface area contributed by atoms with Crippen LogP contribution in [-0.4, -0.2) is 48.6 Å². The van der Waals surface area contributed by atoms with E-state index in [0.29, 0.717) is 19.2 Å². The monoisotopic (exact) mass is 349 g/mol. The average molecular weight is 350 g/mol. The molecule has 1 aliphatic heterocycles. The van der Waals surface area contributed by atoms with Crippen LogP contribution in [0.2, 0.25) is 0 Å². The summed E-state index contributed by atoms with van der Waals surface area (Å²) >= 11 is 6.85. The molecule has 1 aromatic heterocycles. The van der Waals surface area contributed by atoms with Crippen LogP contribution in [0.15, 0.2) is 15.9 Å². The Morgan fingerprint density at radius 2 is 2.50 bits per heavy atom. The van der Waals surface area contributed by atoms with E-state index in [-0.39, 0.29) is 5.91 Å². The van der Waals surface area contributed by atoms with Crippen molar-refractivity contribution in [2.75, 3.05) is 31.8 Å². The van der Waals surface area contributed by atoms with E-state index < -0.39 is 0 Å². The second-order valence-corrected chi connectivity index (χ2v) is 7.03. The molecule has 0 radical (unpaired) electrons. The highest BCUT2D eigenvalue weighted by atomic mass is 79.9. The molecule has 2 heterocycles. The Kier molecular flexibility index (Phi) is 5.54. The largest absolute Gasteiger partial charge is 0.383 e. The van der Waals surface area contributed by atoms with Crippen molar-refractivity contribution in [2.45, 2.75) is 12.5 Å². The lowest BCUT2D eigenvalue weighted by Crippen LogP contribution is -2.42. The van der Waals surface area contributed by atoms with Gasteiger partial charge in [-0.15, -0.1) is 11.3 Å². The molecule has 18 heavy (non-hydrogen) atoms. The van der Waals surface area contributed by atoms with Crippen molar-refractivity contribution in [2.24, 2.45) is 0 Å². The summed E-state index contributed by atoms with van der Waals surface area (Å²) in [5.41, 5.74) is 0. The number of hydrogen-bond donors (Lipinski definition) is 0. The molecule has 0 aromatic carbocycles. The van der Waals surface area contributed by atoms with Crippen LogP contribution in [0, 0.1) is 0 Å². The van der Waals surface area contributed by atoms with Gasteiger partial charge in [-0.2, -0.15) is 11.8 Å². The molecule has 1 fully saturated rings. The van der Waals surface area contributed by atoms with Gasteiger partial charge in [0.05, 0.1) is 6.61 Å². The third kappa shape index (κ3) is 3.29. The SMILES string of the molecule is COCCN(C(=O)c1sccc1Br)C1CCSC1. The van der Waals surface area contributed by atoms with Crippen molar-refractivity contribution < 1.29 is 9.53 Å². The van der Waals surface area contributed by atoms with Crippen LogP contribution in [0.1, 0.15) is 16.1 Å². The maximum Gasteiger partial charge on any atom is 0.265 e. The predicted octanol–water partition coefficient (Wildman–Crippen LogP) is 3.10. The number of amides is 1. The van der Waals surface area contributed by atoms with Crippen LogP contribution in [0.5, 0.6) is 0 Å². The molecule has 1 saturated heterocycles. The summed E-state index contributed by atoms with van der Waals surface area (Å²) in [6.45, 7) is 1.26. The van der Waals surface area contributed by atoms with Gasteiger partial charge in [0.15, 0.2) is 0 Å². The summed E-state index contributed by atoms with van der Waals surface area (Å²) in [4.78, 5) is 15.3. The number of thioether (sulfide) groups is 1. The van der Waals surface area contributed by atoms with E-state index in [1.54, 1.807) is 7.11 Å². The quantitative estimate of drug-likeness (QED) is 0.817. The van der Waals surface area contributed by atoms with Crippen LogP contribution in [0.25, 0.3) is 0 Å². The lowest BCUT2D eigenvalue weighted by atomic mass is 10.2. The summed E-state index contributed by atoms with van der Waals surface area (Å²) in [6.07, 6.45) is 1.09. The average Bonchev–Trinajstić information content (AvgIpc) is 3.00. The van der Waals surface area contributed by atoms with Crippen molar-refractivity contribution in [3.63, 3.8) is 0 Å². The molecule has 1 aromatic rings. The van der Waals surface area contributed by atoms with E-state index in [2.05, 4.69) is 15.9 Å². The predicted molar refractivity (Wildman–Crippen MR) is 80.7 cm³/mol. The van der Waals surface area contributed by atoms with Gasteiger partial charge in [-0.25, -0.2) is 0 Å². The van der Waals surface area contributed by atoms with E-state index in [9.17, 15) is 4.79 Å². The molecular weight excluding hydrogens is 334 g/mol. The van der Waals surface area contributed by atoms with Crippen molar-refractivity contribution >= 4 is 44.9 Å². The zero-order valence-electron chi connectivity index (χ0n) is 10.2. The van der Waals surface area contributed by atoms with Gasteiger partial charge in [-0.3, -0.25) is 4.79 Å². The molecule has 100 valence electrons. The van der Waals surface area contributed by atoms with E-state index in [1.165, 1.54) is 11.3 Å². The van der Waals surface area contributed by atoms with Crippen LogP contribution in [0.4, 0.5) is 0 Å². The van der Waals surface area contributed by atoms with E-state index in [1.807, 2.05) is 28.1 Å². The summed E-state index contributed by atoms with van der Waals surface area (Å²) in [5, 5.41) is 1.94. The van der Waals surface area contributed by atoms with E-state index in [0.717, 1.165) is 27.3 Å². The molecule has 0 aliphatic carbocycles. The molecule has 1 amide bonds. The second-order valence-electron chi connectivity index (χ2n) is 4.11. The molecule has 1 aliphatic rings. The van der Waals surface area contributed by atoms with Gasteiger partial charge in [0.25, 0.3) is 5.91 Å². The normalized spacial score (nSPS) is 19.1. The number of rotatable bonds is 5. The first-order valence-corrected chi connectivity index (χ1v) is 8.67. The Morgan fingerprint density at radius 1 is 1.67 bits per heavy atom. The second kappa shape index (κ2) is 6.93. The summed E-state index contributed by atoms with van der Waals surface area (Å²) in [7, 11) is 1.67. The third-order valence-corrected chi connectivity index (χ3v) is 5.93. The molecule has 1 atom stereocenters. The minimum atomic E-state index is 0.126. The van der Waals surface area contributed by atoms with Crippen LogP contribution in [0.3, 0.4) is 0 Å². The number of carbonyl (C=O) groups is 1. The Hall–Kier alpha value is -0.0400. The smallest absolute Gasteiger partial charge is 0.265 e. The van der Waals surface area contributed by atoms with E-state index >= 15 is 0 Å². The molecule has 2 rings (SSSR count). The summed E-state index contributed by atoms with van der Waals surface area (Å²) < 4.78 is 6.01. The van der Waals surface area contributed by atoms with Crippen molar-refractivity contribution in [3.05, 3.63) is 20.8 Å². The summed E-state index contributed by atoms with van der Waals surface area (Å²) in [6, 6.07) is 2.28. The fourth-order valence-corrected chi connectivity index (χ4v) is 4.70. The number of methoxy groups -OCH3 is 1. The van der Waals surface area contributed by atoms with Gasteiger partial charge in [-0.05, 0) is 39.6 Å². The third-order valence-electron chi connectivity index (χ3n) is 2.96. The number of nitrogens with zero attached hydrogens (tertiary/aromatic N) is 1. The Morgan fingerprint density at radius 3 is 3.06 bits per heavy atom. The fourth-order valence-electron chi connectivity index (χ4n) is 1.98. The zero-order chi connectivity index (χ0) is 13.0. The fraction of sp³-hybridized carbons (Fsp3) is 0.583. The van der Waals surface area contributed by atoms with Gasteiger partial charge < -0.3 is 9.64 Å². The Balaban J connectivity index is 2.12. The Labute approximate surface area is 124 Å². The van der Waals surface area contributed by atoms with Gasteiger partial charge >= 0.3 is 0 Å². The first-order valence-electron chi connectivity index (χ1n) is 5.84. The standard InChI is InChI=1S/C12H16BrNO2S2/c1-16-5-4-14(9-2-6-17-8-9)12(15)11-10(13)3-7-18-11/h3,7,9H,2,4-6,8H2,1H3. The van der Waals surface area contributed by atoms with Gasteiger partial charge in [0, 0.05) is 29.9 Å². The van der Waals surface area contributed by atoms with Crippen molar-refractivity contribution in [3.8, 4) is 0 Å². The maximum absolute atomic E-state index is 12.6. The topological polar surface area (TPSA) is 29.5 Å².